The summed E-state index contributed by atoms with van der Waals surface area (Å²) in [4.78, 5) is 131. The van der Waals surface area contributed by atoms with Crippen LogP contribution < -0.4 is 16.0 Å². The van der Waals surface area contributed by atoms with Gasteiger partial charge in [-0.15, -0.1) is 0 Å². The maximum atomic E-state index is 13.8. The molecule has 4 heterocycles. The number of carbonyl (C=O) groups excluding carboxylic acids is 6. The third-order valence-electron chi connectivity index (χ3n) is 15.4. The van der Waals surface area contributed by atoms with E-state index in [2.05, 4.69) is 55.5 Å². The number of allylic oxidation sites excluding steroid dienone is 14. The summed E-state index contributed by atoms with van der Waals surface area (Å²) in [5.41, 5.74) is 13.2. The van der Waals surface area contributed by atoms with Gasteiger partial charge in [-0.25, -0.2) is 9.98 Å². The lowest BCUT2D eigenvalue weighted by Gasteiger charge is -2.26. The van der Waals surface area contributed by atoms with Gasteiger partial charge in [0.2, 0.25) is 17.7 Å². The Morgan fingerprint density at radius 3 is 2.08 bits per heavy atom. The van der Waals surface area contributed by atoms with Gasteiger partial charge < -0.3 is 36.4 Å². The number of hydrogen-bond acceptors (Lipinski definition) is 13. The first kappa shape index (κ1) is 58.6. The molecule has 19 nitrogen and oxygen atoms in total. The quantitative estimate of drug-likeness (QED) is 0.0452. The number of Topliss-reactive ketones (excluding diaryl/α,β-unsaturated/α-hetero) is 3. The number of aliphatic hydroxyl groups excluding tert-OH is 1. The number of fused-ring (bicyclic) bond motifs is 5. The van der Waals surface area contributed by atoms with Crippen molar-refractivity contribution < 1.29 is 63.6 Å². The fourth-order valence-electron chi connectivity index (χ4n) is 10.9. The van der Waals surface area contributed by atoms with Gasteiger partial charge in [0.15, 0.2) is 17.3 Å². The molecule has 8 bridgehead atoms. The van der Waals surface area contributed by atoms with E-state index < -0.39 is 128 Å². The minimum Gasteiger partial charge on any atom is -0.511 e. The van der Waals surface area contributed by atoms with Gasteiger partial charge in [0.25, 0.3) is 0 Å². The molecule has 2 aliphatic carbocycles. The van der Waals surface area contributed by atoms with Crippen molar-refractivity contribution in [1.29, 1.82) is 0 Å². The van der Waals surface area contributed by atoms with Crippen LogP contribution in [-0.2, 0) is 43.2 Å². The summed E-state index contributed by atoms with van der Waals surface area (Å²) in [5, 5.41) is 47.4. The lowest BCUT2D eigenvalue weighted by molar-refractivity contribution is -0.143. The molecule has 3 amide bonds. The fourth-order valence-corrected chi connectivity index (χ4v) is 10.9. The topological polar surface area (TPSA) is 308 Å². The van der Waals surface area contributed by atoms with Gasteiger partial charge >= 0.3 is 17.9 Å². The van der Waals surface area contributed by atoms with E-state index in [0.29, 0.717) is 29.1 Å². The third-order valence-corrected chi connectivity index (χ3v) is 15.4. The molecule has 0 aromatic carbocycles. The first-order chi connectivity index (χ1) is 36.4. The summed E-state index contributed by atoms with van der Waals surface area (Å²) in [6.45, 7) is 18.5. The smallest absolute Gasteiger partial charge is 0.305 e. The van der Waals surface area contributed by atoms with E-state index in [1.165, 1.54) is 6.92 Å². The number of aliphatic hydroxyl groups is 1. The Kier molecular flexibility index (Phi) is 19.0. The highest BCUT2D eigenvalue weighted by Crippen LogP contribution is 2.47. The maximum absolute atomic E-state index is 13.8. The standard InChI is InChI=1S/C58H70N6O13/c1-10-36-28(6)32-17-33(36)20-42-29(7)37(11-2)45(60-42)24-44-31(9)54-49(68)23-40(56(54)62-44)55-38(30(8)43(19-32)61-55)13-15-50(69)59-26-35(65)18-34(21-52(72)73)57(76)63-41(14-16-51(70)71)48(67)22-39(27(4)5)58(77)64-46(25-53(74)75)47(66)12-3/h10,19-20,24,27,30,34,38-39,41,46,68H,1,11-18,21-23,25-26H2,2-9H3,(H,59,69)(H,63,76)(H,64,77)(H,70,71)(H,72,73)(H,74,75)/t30-,34?,38+,39?,41?,46?/m1/s1. The monoisotopic (exact) mass is 1060 g/mol. The predicted octanol–water partition coefficient (Wildman–Crippen LogP) is 7.20. The van der Waals surface area contributed by atoms with Crippen LogP contribution in [0.5, 0.6) is 0 Å². The molecular formula is C58H70N6O13. The van der Waals surface area contributed by atoms with E-state index in [1.54, 1.807) is 13.8 Å². The lowest BCUT2D eigenvalue weighted by Crippen LogP contribution is -2.48. The summed E-state index contributed by atoms with van der Waals surface area (Å²) in [5.74, 6) is -12.0. The van der Waals surface area contributed by atoms with Crippen molar-refractivity contribution in [1.82, 2.24) is 16.0 Å². The summed E-state index contributed by atoms with van der Waals surface area (Å²) < 4.78 is 0. The maximum Gasteiger partial charge on any atom is 0.305 e. The van der Waals surface area contributed by atoms with E-state index in [9.17, 15) is 63.6 Å². The molecule has 0 aromatic rings. The molecule has 7 N–H and O–H groups in total. The van der Waals surface area contributed by atoms with E-state index in [-0.39, 0.29) is 43.3 Å². The number of nitrogens with one attached hydrogen (secondary N) is 3. The Morgan fingerprint density at radius 1 is 0.766 bits per heavy atom. The molecule has 0 aromatic heterocycles. The Balaban J connectivity index is 1.17. The molecule has 0 fully saturated rings. The summed E-state index contributed by atoms with van der Waals surface area (Å²) >= 11 is 0. The molecule has 19 heteroatoms. The first-order valence-corrected chi connectivity index (χ1v) is 26.3. The average molecular weight is 1060 g/mol. The van der Waals surface area contributed by atoms with Crippen molar-refractivity contribution in [3.8, 4) is 0 Å². The normalized spacial score (nSPS) is 20.2. The first-order valence-electron chi connectivity index (χ1n) is 26.3. The molecule has 6 atom stereocenters. The van der Waals surface area contributed by atoms with Crippen molar-refractivity contribution in [2.24, 2.45) is 44.6 Å². The van der Waals surface area contributed by atoms with Crippen LogP contribution in [0.15, 0.2) is 119 Å². The number of aliphatic imine (C=N–C) groups is 3. The molecule has 410 valence electrons. The number of hydrogen-bond donors (Lipinski definition) is 7. The van der Waals surface area contributed by atoms with Crippen molar-refractivity contribution in [2.75, 3.05) is 6.54 Å². The van der Waals surface area contributed by atoms with E-state index in [1.807, 2.05) is 26.0 Å². The van der Waals surface area contributed by atoms with Crippen LogP contribution >= 0.6 is 0 Å². The lowest BCUT2D eigenvalue weighted by atomic mass is 9.84. The van der Waals surface area contributed by atoms with Crippen LogP contribution in [0.4, 0.5) is 0 Å². The molecule has 6 aliphatic rings. The molecule has 6 rings (SSSR count). The highest BCUT2D eigenvalue weighted by atomic mass is 16.4. The number of aliphatic carboxylic acids is 3. The Labute approximate surface area is 447 Å². The Morgan fingerprint density at radius 2 is 1.45 bits per heavy atom. The van der Waals surface area contributed by atoms with Crippen molar-refractivity contribution in [3.63, 3.8) is 0 Å². The summed E-state index contributed by atoms with van der Waals surface area (Å²) in [6, 6.07) is -2.90. The second kappa shape index (κ2) is 25.0. The largest absolute Gasteiger partial charge is 0.511 e. The van der Waals surface area contributed by atoms with Gasteiger partial charge in [0.05, 0.1) is 65.9 Å². The zero-order chi connectivity index (χ0) is 56.7. The number of rotatable bonds is 26. The second-order valence-electron chi connectivity index (χ2n) is 20.9. The van der Waals surface area contributed by atoms with Crippen LogP contribution in [0.3, 0.4) is 0 Å². The molecule has 77 heavy (non-hydrogen) atoms. The average Bonchev–Trinajstić information content (AvgIpc) is 4.13. The fraction of sp³-hybridized carbons (Fsp3) is 0.483. The Hall–Kier alpha value is -7.70. The zero-order valence-corrected chi connectivity index (χ0v) is 45.1. The van der Waals surface area contributed by atoms with Crippen molar-refractivity contribution in [3.05, 3.63) is 104 Å². The van der Waals surface area contributed by atoms with Gasteiger partial charge in [-0.1, -0.05) is 47.3 Å². The number of carbonyl (C=O) groups is 9. The molecule has 0 radical (unpaired) electrons. The predicted molar refractivity (Wildman–Crippen MR) is 288 cm³/mol. The van der Waals surface area contributed by atoms with Gasteiger partial charge in [-0.3, -0.25) is 48.1 Å². The number of nitrogens with zero attached hydrogens (tertiary/aromatic N) is 3. The molecule has 4 unspecified atom stereocenters. The van der Waals surface area contributed by atoms with E-state index in [4.69, 9.17) is 15.0 Å². The van der Waals surface area contributed by atoms with Crippen molar-refractivity contribution >= 4 is 70.1 Å². The Bertz CT molecular complexity index is 2970. The minimum absolute atomic E-state index is 0.0548. The molecular weight excluding hydrogens is 989 g/mol. The summed E-state index contributed by atoms with van der Waals surface area (Å²) in [7, 11) is 0. The highest BCUT2D eigenvalue weighted by Gasteiger charge is 2.41. The van der Waals surface area contributed by atoms with Gasteiger partial charge in [-0.05, 0) is 110 Å². The number of carboxylic acids is 3. The van der Waals surface area contributed by atoms with E-state index in [0.717, 1.165) is 68.1 Å². The number of carboxylic acid groups (broad SMARTS) is 3. The summed E-state index contributed by atoms with van der Waals surface area (Å²) in [6.07, 6.45) is 5.99. The second-order valence-corrected chi connectivity index (χ2v) is 20.9. The van der Waals surface area contributed by atoms with Gasteiger partial charge in [-0.2, -0.15) is 0 Å². The third kappa shape index (κ3) is 13.5. The van der Waals surface area contributed by atoms with Crippen LogP contribution in [0, 0.1) is 29.6 Å². The molecule has 0 saturated carbocycles. The number of ketones is 3. The highest BCUT2D eigenvalue weighted by molar-refractivity contribution is 6.21. The van der Waals surface area contributed by atoms with Crippen LogP contribution in [0.25, 0.3) is 0 Å². The number of amides is 3. The van der Waals surface area contributed by atoms with E-state index >= 15 is 0 Å². The molecule has 0 saturated heterocycles. The van der Waals surface area contributed by atoms with Gasteiger partial charge in [0, 0.05) is 73.1 Å². The van der Waals surface area contributed by atoms with Crippen LogP contribution in [-0.4, -0.2) is 109 Å². The zero-order valence-electron chi connectivity index (χ0n) is 45.1. The SMILES string of the molecule is C=CC1=C(C)C2=CC3=NC(=C4CC(O)=C5C4=NC(=C5C)C=C4N=C(C=C1C2)C(C)=C4CC)[C@@H](CCC(=O)NCC(=O)CC(CC(=O)O)C(=O)NC(CCC(=O)O)C(=O)CC(C(=O)NC(CC(=O)O)C(=O)CC)C(C)C)[C@H]3C. The van der Waals surface area contributed by atoms with Crippen molar-refractivity contribution in [2.45, 2.75) is 145 Å². The van der Waals surface area contributed by atoms with Crippen LogP contribution in [0.2, 0.25) is 0 Å². The van der Waals surface area contributed by atoms with Crippen LogP contribution in [0.1, 0.15) is 132 Å². The molecule has 0 spiro atoms. The van der Waals surface area contributed by atoms with Gasteiger partial charge in [0.1, 0.15) is 5.76 Å². The minimum atomic E-state index is -1.55. The molecule has 4 aliphatic heterocycles.